The fourth-order valence-corrected chi connectivity index (χ4v) is 2.75. The number of benzene rings is 1. The van der Waals surface area contributed by atoms with E-state index in [1.54, 1.807) is 12.1 Å². The molecule has 0 spiro atoms. The molecule has 0 saturated carbocycles. The van der Waals surface area contributed by atoms with Crippen molar-refractivity contribution in [2.24, 2.45) is 0 Å². The molecule has 0 radical (unpaired) electrons. The first-order valence-corrected chi connectivity index (χ1v) is 8.78. The fraction of sp³-hybridized carbons (Fsp3) is 0.312. The van der Waals surface area contributed by atoms with Crippen LogP contribution >= 0.6 is 11.3 Å². The Morgan fingerprint density at radius 2 is 1.96 bits per heavy atom. The fourth-order valence-electron chi connectivity index (χ4n) is 2.12. The highest BCUT2D eigenvalue weighted by Crippen LogP contribution is 2.26. The van der Waals surface area contributed by atoms with Gasteiger partial charge in [0.15, 0.2) is 5.13 Å². The maximum absolute atomic E-state index is 12.5. The van der Waals surface area contributed by atoms with Gasteiger partial charge < -0.3 is 10.6 Å². The van der Waals surface area contributed by atoms with Gasteiger partial charge in [0.25, 0.3) is 5.91 Å². The van der Waals surface area contributed by atoms with Crippen LogP contribution in [0.4, 0.5) is 21.5 Å². The first-order chi connectivity index (χ1) is 12.4. The zero-order valence-corrected chi connectivity index (χ0v) is 15.2. The lowest BCUT2D eigenvalue weighted by Gasteiger charge is -2.11. The molecule has 1 heterocycles. The minimum atomic E-state index is -0.569. The van der Waals surface area contributed by atoms with Gasteiger partial charge in [0, 0.05) is 30.4 Å². The lowest BCUT2D eigenvalue weighted by Crippen LogP contribution is -2.14. The Balaban J connectivity index is 2.20. The number of unbranched alkanes of at least 4 members (excludes halogenated alkanes) is 1. The Kier molecular flexibility index (Phi) is 6.61. The average Bonchev–Trinajstić information content (AvgIpc) is 3.03. The van der Waals surface area contributed by atoms with Crippen molar-refractivity contribution in [2.75, 3.05) is 22.5 Å². The van der Waals surface area contributed by atoms with E-state index >= 15 is 0 Å². The maximum Gasteiger partial charge on any atom is 0.345 e. The van der Waals surface area contributed by atoms with E-state index in [4.69, 9.17) is 0 Å². The Hall–Kier alpha value is -3.01. The average molecular weight is 377 g/mol. The van der Waals surface area contributed by atoms with E-state index in [0.717, 1.165) is 36.9 Å². The summed E-state index contributed by atoms with van der Waals surface area (Å²) in [5.41, 5.74) is 1.47. The Labute approximate surface area is 154 Å². The van der Waals surface area contributed by atoms with E-state index in [-0.39, 0.29) is 16.0 Å². The lowest BCUT2D eigenvalue weighted by molar-refractivity contribution is -0.380. The van der Waals surface area contributed by atoms with Crippen LogP contribution in [0.2, 0.25) is 0 Å². The van der Waals surface area contributed by atoms with Crippen LogP contribution in [0, 0.1) is 10.1 Å². The molecular formula is C16H19N5O4S. The first kappa shape index (κ1) is 19.3. The summed E-state index contributed by atoms with van der Waals surface area (Å²) in [7, 11) is 0. The molecule has 9 nitrogen and oxygen atoms in total. The molecule has 0 atom stereocenters. The van der Waals surface area contributed by atoms with Gasteiger partial charge in [-0.05, 0) is 36.0 Å². The molecule has 26 heavy (non-hydrogen) atoms. The highest BCUT2D eigenvalue weighted by Gasteiger charge is 2.15. The summed E-state index contributed by atoms with van der Waals surface area (Å²) in [6.45, 7) is 4.19. The number of nitro groups is 1. The third-order valence-electron chi connectivity index (χ3n) is 3.27. The molecule has 2 aromatic rings. The molecule has 2 rings (SSSR count). The summed E-state index contributed by atoms with van der Waals surface area (Å²) < 4.78 is 0. The van der Waals surface area contributed by atoms with Gasteiger partial charge in [0.1, 0.15) is 6.20 Å². The standard InChI is InChI=1S/C16H19N5O4S/c1-3-4-5-17-12-6-11(7-13(8-12)19-10(2)22)15(23)20-16-18-9-14(26-16)21(24)25/h6-9,17H,3-5H2,1-2H3,(H,19,22)(H,18,20,23). The number of hydrogen-bond acceptors (Lipinski definition) is 7. The lowest BCUT2D eigenvalue weighted by atomic mass is 10.1. The van der Waals surface area contributed by atoms with Crippen molar-refractivity contribution in [2.45, 2.75) is 26.7 Å². The second-order valence-electron chi connectivity index (χ2n) is 5.48. The molecule has 3 N–H and O–H groups in total. The third kappa shape index (κ3) is 5.52. The predicted molar refractivity (Wildman–Crippen MR) is 101 cm³/mol. The molecule has 2 amide bonds. The molecular weight excluding hydrogens is 358 g/mol. The van der Waals surface area contributed by atoms with Crippen molar-refractivity contribution in [3.63, 3.8) is 0 Å². The zero-order valence-electron chi connectivity index (χ0n) is 14.4. The third-order valence-corrected chi connectivity index (χ3v) is 4.13. The molecule has 0 saturated heterocycles. The first-order valence-electron chi connectivity index (χ1n) is 7.97. The Bertz CT molecular complexity index is 821. The number of carbonyl (C=O) groups excluding carboxylic acids is 2. The SMILES string of the molecule is CCCCNc1cc(NC(C)=O)cc(C(=O)Nc2ncc([N+](=O)[O-])s2)c1. The summed E-state index contributed by atoms with van der Waals surface area (Å²) in [5, 5.41) is 19.1. The van der Waals surface area contributed by atoms with E-state index in [0.29, 0.717) is 16.9 Å². The molecule has 10 heteroatoms. The molecule has 0 unspecified atom stereocenters. The summed E-state index contributed by atoms with van der Waals surface area (Å²) in [6.07, 6.45) is 3.08. The molecule has 0 aliphatic rings. The second-order valence-corrected chi connectivity index (χ2v) is 6.48. The van der Waals surface area contributed by atoms with E-state index < -0.39 is 10.8 Å². The van der Waals surface area contributed by atoms with Crippen LogP contribution < -0.4 is 16.0 Å². The minimum Gasteiger partial charge on any atom is -0.385 e. The number of hydrogen-bond donors (Lipinski definition) is 3. The molecule has 0 aliphatic carbocycles. The highest BCUT2D eigenvalue weighted by atomic mass is 32.1. The van der Waals surface area contributed by atoms with E-state index in [9.17, 15) is 19.7 Å². The van der Waals surface area contributed by atoms with Gasteiger partial charge >= 0.3 is 5.00 Å². The van der Waals surface area contributed by atoms with Gasteiger partial charge in [-0.15, -0.1) is 0 Å². The number of nitrogens with one attached hydrogen (secondary N) is 3. The maximum atomic E-state index is 12.5. The Morgan fingerprint density at radius 3 is 2.58 bits per heavy atom. The van der Waals surface area contributed by atoms with Gasteiger partial charge in [0.05, 0.1) is 4.92 Å². The summed E-state index contributed by atoms with van der Waals surface area (Å²) in [5.74, 6) is -0.724. The van der Waals surface area contributed by atoms with Crippen LogP contribution in [0.15, 0.2) is 24.4 Å². The van der Waals surface area contributed by atoms with Crippen LogP contribution in [0.1, 0.15) is 37.0 Å². The van der Waals surface area contributed by atoms with Gasteiger partial charge in [-0.2, -0.15) is 0 Å². The van der Waals surface area contributed by atoms with Crippen molar-refractivity contribution in [1.29, 1.82) is 0 Å². The topological polar surface area (TPSA) is 126 Å². The van der Waals surface area contributed by atoms with Crippen LogP contribution in [0.3, 0.4) is 0 Å². The number of aromatic nitrogens is 1. The van der Waals surface area contributed by atoms with Crippen LogP contribution in [-0.2, 0) is 4.79 Å². The summed E-state index contributed by atoms with van der Waals surface area (Å²) in [4.78, 5) is 37.7. The van der Waals surface area contributed by atoms with E-state index in [2.05, 4.69) is 27.9 Å². The number of anilines is 3. The summed E-state index contributed by atoms with van der Waals surface area (Å²) >= 11 is 0.772. The van der Waals surface area contributed by atoms with Gasteiger partial charge in [-0.25, -0.2) is 4.98 Å². The van der Waals surface area contributed by atoms with Crippen molar-refractivity contribution < 1.29 is 14.5 Å². The minimum absolute atomic E-state index is 0.132. The smallest absolute Gasteiger partial charge is 0.345 e. The number of rotatable bonds is 8. The normalized spacial score (nSPS) is 10.2. The van der Waals surface area contributed by atoms with Crippen molar-refractivity contribution in [3.8, 4) is 0 Å². The van der Waals surface area contributed by atoms with Crippen LogP contribution in [0.25, 0.3) is 0 Å². The van der Waals surface area contributed by atoms with Crippen LogP contribution in [0.5, 0.6) is 0 Å². The number of amides is 2. The molecule has 1 aromatic heterocycles. The molecule has 0 bridgehead atoms. The largest absolute Gasteiger partial charge is 0.385 e. The predicted octanol–water partition coefficient (Wildman–Crippen LogP) is 3.47. The second kappa shape index (κ2) is 8.90. The van der Waals surface area contributed by atoms with E-state index in [1.165, 1.54) is 13.0 Å². The number of carbonyl (C=O) groups is 2. The zero-order chi connectivity index (χ0) is 19.1. The molecule has 1 aromatic carbocycles. The molecule has 138 valence electrons. The molecule has 0 aliphatic heterocycles. The number of thiazole rings is 1. The number of nitrogens with zero attached hydrogens (tertiary/aromatic N) is 2. The quantitative estimate of drug-likeness (QED) is 0.367. The Morgan fingerprint density at radius 1 is 1.23 bits per heavy atom. The van der Waals surface area contributed by atoms with Crippen molar-refractivity contribution in [1.82, 2.24) is 4.98 Å². The van der Waals surface area contributed by atoms with Gasteiger partial charge in [-0.3, -0.25) is 25.0 Å². The monoisotopic (exact) mass is 377 g/mol. The van der Waals surface area contributed by atoms with E-state index in [1.807, 2.05) is 0 Å². The van der Waals surface area contributed by atoms with Crippen LogP contribution in [-0.4, -0.2) is 28.3 Å². The highest BCUT2D eigenvalue weighted by molar-refractivity contribution is 7.18. The van der Waals surface area contributed by atoms with Crippen molar-refractivity contribution >= 4 is 44.7 Å². The van der Waals surface area contributed by atoms with Gasteiger partial charge in [0.2, 0.25) is 5.91 Å². The molecule has 0 fully saturated rings. The summed E-state index contributed by atoms with van der Waals surface area (Å²) in [6, 6.07) is 4.92. The van der Waals surface area contributed by atoms with Gasteiger partial charge in [-0.1, -0.05) is 13.3 Å². The van der Waals surface area contributed by atoms with Crippen molar-refractivity contribution in [3.05, 3.63) is 40.1 Å².